The molecule has 1 saturated heterocycles. The SMILES string of the molecule is CC(Sc1nnc(-c2c[nH]c3ccccc23)o1)C(=O)NCC1CCCO1. The molecule has 3 heterocycles. The number of carbonyl (C=O) groups excluding carboxylic acids is 1. The van der Waals surface area contributed by atoms with Crippen molar-refractivity contribution < 1.29 is 13.9 Å². The van der Waals surface area contributed by atoms with E-state index in [4.69, 9.17) is 9.15 Å². The molecule has 8 heteroatoms. The molecule has 0 saturated carbocycles. The van der Waals surface area contributed by atoms with E-state index < -0.39 is 0 Å². The monoisotopic (exact) mass is 372 g/mol. The Balaban J connectivity index is 1.39. The number of thioether (sulfide) groups is 1. The number of carbonyl (C=O) groups is 1. The number of hydrogen-bond acceptors (Lipinski definition) is 6. The highest BCUT2D eigenvalue weighted by Gasteiger charge is 2.22. The average Bonchev–Trinajstić information content (AvgIpc) is 3.39. The smallest absolute Gasteiger partial charge is 0.277 e. The van der Waals surface area contributed by atoms with Crippen LogP contribution in [0.2, 0.25) is 0 Å². The van der Waals surface area contributed by atoms with Crippen molar-refractivity contribution in [2.24, 2.45) is 0 Å². The fourth-order valence-electron chi connectivity index (χ4n) is 2.98. The van der Waals surface area contributed by atoms with E-state index in [1.165, 1.54) is 11.8 Å². The third-order valence-corrected chi connectivity index (χ3v) is 5.34. The Morgan fingerprint density at radius 3 is 3.15 bits per heavy atom. The maximum atomic E-state index is 12.2. The molecule has 1 aliphatic rings. The summed E-state index contributed by atoms with van der Waals surface area (Å²) in [5, 5.41) is 12.2. The van der Waals surface area contributed by atoms with Crippen molar-refractivity contribution >= 4 is 28.6 Å². The molecule has 2 N–H and O–H groups in total. The van der Waals surface area contributed by atoms with Gasteiger partial charge < -0.3 is 19.5 Å². The van der Waals surface area contributed by atoms with E-state index in [0.717, 1.165) is 35.9 Å². The Kier molecular flexibility index (Phi) is 4.94. The topological polar surface area (TPSA) is 93.0 Å². The molecule has 26 heavy (non-hydrogen) atoms. The molecule has 2 aromatic heterocycles. The van der Waals surface area contributed by atoms with Gasteiger partial charge in [-0.05, 0) is 25.8 Å². The van der Waals surface area contributed by atoms with Gasteiger partial charge >= 0.3 is 0 Å². The predicted octanol–water partition coefficient (Wildman–Crippen LogP) is 2.99. The van der Waals surface area contributed by atoms with Crippen LogP contribution in [-0.2, 0) is 9.53 Å². The quantitative estimate of drug-likeness (QED) is 0.646. The van der Waals surface area contributed by atoms with Gasteiger partial charge in [0.15, 0.2) is 0 Å². The number of H-pyrrole nitrogens is 1. The predicted molar refractivity (Wildman–Crippen MR) is 98.9 cm³/mol. The number of aromatic nitrogens is 3. The summed E-state index contributed by atoms with van der Waals surface area (Å²) in [6, 6.07) is 7.92. The minimum Gasteiger partial charge on any atom is -0.411 e. The molecular weight excluding hydrogens is 352 g/mol. The van der Waals surface area contributed by atoms with Crippen LogP contribution < -0.4 is 5.32 Å². The lowest BCUT2D eigenvalue weighted by Gasteiger charge is -2.13. The summed E-state index contributed by atoms with van der Waals surface area (Å²) in [5.74, 6) is 0.384. The maximum Gasteiger partial charge on any atom is 0.277 e. The Bertz CT molecular complexity index is 901. The molecule has 0 spiro atoms. The lowest BCUT2D eigenvalue weighted by Crippen LogP contribution is -2.36. The van der Waals surface area contributed by atoms with Crippen molar-refractivity contribution in [3.63, 3.8) is 0 Å². The van der Waals surface area contributed by atoms with E-state index in [1.54, 1.807) is 0 Å². The highest BCUT2D eigenvalue weighted by atomic mass is 32.2. The Morgan fingerprint density at radius 1 is 1.42 bits per heavy atom. The first-order valence-corrected chi connectivity index (χ1v) is 9.54. The van der Waals surface area contributed by atoms with Gasteiger partial charge in [-0.2, -0.15) is 0 Å². The van der Waals surface area contributed by atoms with Gasteiger partial charge in [0.2, 0.25) is 5.91 Å². The number of fused-ring (bicyclic) bond motifs is 1. The van der Waals surface area contributed by atoms with Crippen LogP contribution in [0.1, 0.15) is 19.8 Å². The van der Waals surface area contributed by atoms with Crippen LogP contribution in [0.5, 0.6) is 0 Å². The fourth-order valence-corrected chi connectivity index (χ4v) is 3.69. The van der Waals surface area contributed by atoms with Crippen LogP contribution in [0.4, 0.5) is 0 Å². The van der Waals surface area contributed by atoms with Crippen LogP contribution in [-0.4, -0.2) is 45.6 Å². The molecule has 0 aliphatic carbocycles. The molecule has 1 amide bonds. The third-order valence-electron chi connectivity index (χ3n) is 4.40. The number of nitrogens with zero attached hydrogens (tertiary/aromatic N) is 2. The van der Waals surface area contributed by atoms with Gasteiger partial charge in [-0.3, -0.25) is 4.79 Å². The number of para-hydroxylation sites is 1. The number of aromatic amines is 1. The van der Waals surface area contributed by atoms with Gasteiger partial charge in [-0.1, -0.05) is 30.0 Å². The van der Waals surface area contributed by atoms with E-state index >= 15 is 0 Å². The number of hydrogen-bond donors (Lipinski definition) is 2. The van der Waals surface area contributed by atoms with Gasteiger partial charge in [0.25, 0.3) is 11.1 Å². The first kappa shape index (κ1) is 17.1. The second kappa shape index (κ2) is 7.51. The van der Waals surface area contributed by atoms with Crippen LogP contribution in [0, 0.1) is 0 Å². The van der Waals surface area contributed by atoms with Crippen molar-refractivity contribution in [2.45, 2.75) is 36.3 Å². The number of nitrogens with one attached hydrogen (secondary N) is 2. The molecule has 2 unspecified atom stereocenters. The highest BCUT2D eigenvalue weighted by Crippen LogP contribution is 2.30. The van der Waals surface area contributed by atoms with E-state index in [9.17, 15) is 4.79 Å². The molecule has 1 aromatic carbocycles. The van der Waals surface area contributed by atoms with Gasteiger partial charge in [0, 0.05) is 30.3 Å². The van der Waals surface area contributed by atoms with Crippen molar-refractivity contribution in [1.29, 1.82) is 0 Å². The second-order valence-electron chi connectivity index (χ2n) is 6.26. The molecule has 4 rings (SSSR count). The number of amides is 1. The van der Waals surface area contributed by atoms with Crippen LogP contribution >= 0.6 is 11.8 Å². The minimum atomic E-state index is -0.326. The van der Waals surface area contributed by atoms with Crippen molar-refractivity contribution in [3.8, 4) is 11.5 Å². The zero-order valence-electron chi connectivity index (χ0n) is 14.4. The summed E-state index contributed by atoms with van der Waals surface area (Å²) in [5.41, 5.74) is 1.87. The summed E-state index contributed by atoms with van der Waals surface area (Å²) in [4.78, 5) is 15.4. The van der Waals surface area contributed by atoms with E-state index in [1.807, 2.05) is 37.4 Å². The third kappa shape index (κ3) is 3.61. The standard InChI is InChI=1S/C18H20N4O3S/c1-11(16(23)20-9-12-5-4-8-24-12)26-18-22-21-17(25-18)14-10-19-15-7-3-2-6-13(14)15/h2-3,6-7,10-12,19H,4-5,8-9H2,1H3,(H,20,23). The van der Waals surface area contributed by atoms with Crippen LogP contribution in [0.15, 0.2) is 40.1 Å². The lowest BCUT2D eigenvalue weighted by molar-refractivity contribution is -0.120. The van der Waals surface area contributed by atoms with Crippen LogP contribution in [0.3, 0.4) is 0 Å². The summed E-state index contributed by atoms with van der Waals surface area (Å²) in [6.07, 6.45) is 4.04. The van der Waals surface area contributed by atoms with Gasteiger partial charge in [0.1, 0.15) is 0 Å². The molecule has 7 nitrogen and oxygen atoms in total. The van der Waals surface area contributed by atoms with E-state index in [-0.39, 0.29) is 17.3 Å². The summed E-state index contributed by atoms with van der Waals surface area (Å²) in [7, 11) is 0. The molecule has 0 bridgehead atoms. The molecule has 136 valence electrons. The Hall–Kier alpha value is -2.32. The number of benzene rings is 1. The van der Waals surface area contributed by atoms with Crippen molar-refractivity contribution in [2.75, 3.05) is 13.2 Å². The van der Waals surface area contributed by atoms with Crippen LogP contribution in [0.25, 0.3) is 22.4 Å². The molecule has 2 atom stereocenters. The van der Waals surface area contributed by atoms with E-state index in [2.05, 4.69) is 20.5 Å². The number of ether oxygens (including phenoxy) is 1. The Morgan fingerprint density at radius 2 is 2.31 bits per heavy atom. The number of rotatable bonds is 6. The first-order chi connectivity index (χ1) is 12.7. The van der Waals surface area contributed by atoms with Crippen molar-refractivity contribution in [1.82, 2.24) is 20.5 Å². The minimum absolute atomic E-state index is 0.0580. The summed E-state index contributed by atoms with van der Waals surface area (Å²) < 4.78 is 11.3. The lowest BCUT2D eigenvalue weighted by atomic mass is 10.2. The molecule has 0 radical (unpaired) electrons. The van der Waals surface area contributed by atoms with Gasteiger partial charge in [0.05, 0.1) is 16.9 Å². The first-order valence-electron chi connectivity index (χ1n) is 8.66. The van der Waals surface area contributed by atoms with E-state index in [0.29, 0.717) is 17.7 Å². The Labute approximate surface area is 154 Å². The largest absolute Gasteiger partial charge is 0.411 e. The van der Waals surface area contributed by atoms with Gasteiger partial charge in [-0.15, -0.1) is 10.2 Å². The highest BCUT2D eigenvalue weighted by molar-refractivity contribution is 8.00. The normalized spacial score (nSPS) is 18.3. The zero-order valence-corrected chi connectivity index (χ0v) is 15.2. The molecule has 3 aromatic rings. The summed E-state index contributed by atoms with van der Waals surface area (Å²) in [6.45, 7) is 3.16. The second-order valence-corrected chi connectivity index (χ2v) is 7.55. The van der Waals surface area contributed by atoms with Crippen molar-refractivity contribution in [3.05, 3.63) is 30.5 Å². The molecular formula is C18H20N4O3S. The maximum absolute atomic E-state index is 12.2. The van der Waals surface area contributed by atoms with Gasteiger partial charge in [-0.25, -0.2) is 0 Å². The molecule has 1 fully saturated rings. The zero-order chi connectivity index (χ0) is 17.9. The fraction of sp³-hybridized carbons (Fsp3) is 0.389. The summed E-state index contributed by atoms with van der Waals surface area (Å²) >= 11 is 1.25. The molecule has 1 aliphatic heterocycles. The average molecular weight is 372 g/mol.